The minimum atomic E-state index is -0.205. The van der Waals surface area contributed by atoms with Gasteiger partial charge < -0.3 is 11.1 Å². The summed E-state index contributed by atoms with van der Waals surface area (Å²) in [6.45, 7) is -0.0129. The van der Waals surface area contributed by atoms with Crippen molar-refractivity contribution in [3.8, 4) is 0 Å². The van der Waals surface area contributed by atoms with E-state index in [9.17, 15) is 4.79 Å². The molecule has 1 aromatic carbocycles. The van der Waals surface area contributed by atoms with Crippen LogP contribution in [0.5, 0.6) is 0 Å². The molecule has 0 radical (unpaired) electrons. The van der Waals surface area contributed by atoms with Crippen LogP contribution in [0.15, 0.2) is 24.4 Å². The molecular formula is C9H12Cl2N4O. The lowest BCUT2D eigenvalue weighted by Crippen LogP contribution is -2.21. The van der Waals surface area contributed by atoms with E-state index >= 15 is 0 Å². The normalized spacial score (nSPS) is 9.06. The van der Waals surface area contributed by atoms with Crippen LogP contribution in [-0.4, -0.2) is 22.6 Å². The van der Waals surface area contributed by atoms with Crippen molar-refractivity contribution in [2.24, 2.45) is 5.73 Å². The van der Waals surface area contributed by atoms with Crippen molar-refractivity contribution in [1.82, 2.24) is 10.2 Å². The molecule has 5 nitrogen and oxygen atoms in total. The molecule has 7 heteroatoms. The van der Waals surface area contributed by atoms with Gasteiger partial charge in [0.25, 0.3) is 0 Å². The van der Waals surface area contributed by atoms with E-state index in [2.05, 4.69) is 15.5 Å². The van der Waals surface area contributed by atoms with Crippen molar-refractivity contribution in [3.05, 3.63) is 24.4 Å². The summed E-state index contributed by atoms with van der Waals surface area (Å²) >= 11 is 0. The van der Waals surface area contributed by atoms with Crippen molar-refractivity contribution in [2.45, 2.75) is 0 Å². The van der Waals surface area contributed by atoms with Gasteiger partial charge >= 0.3 is 0 Å². The zero-order chi connectivity index (χ0) is 9.97. The van der Waals surface area contributed by atoms with E-state index in [1.54, 1.807) is 6.20 Å². The van der Waals surface area contributed by atoms with Crippen molar-refractivity contribution in [3.63, 3.8) is 0 Å². The molecule has 1 aromatic heterocycles. The van der Waals surface area contributed by atoms with E-state index in [1.807, 2.05) is 18.2 Å². The molecule has 0 bridgehead atoms. The largest absolute Gasteiger partial charge is 0.325 e. The van der Waals surface area contributed by atoms with Gasteiger partial charge in [-0.2, -0.15) is 5.10 Å². The number of H-pyrrole nitrogens is 1. The summed E-state index contributed by atoms with van der Waals surface area (Å²) in [6, 6.07) is 5.51. The van der Waals surface area contributed by atoms with Gasteiger partial charge in [-0.05, 0) is 18.2 Å². The first-order chi connectivity index (χ1) is 6.79. The molecule has 0 atom stereocenters. The minimum Gasteiger partial charge on any atom is -0.325 e. The fourth-order valence-corrected chi connectivity index (χ4v) is 1.23. The number of amides is 1. The zero-order valence-electron chi connectivity index (χ0n) is 8.27. The molecule has 1 amide bonds. The third-order valence-corrected chi connectivity index (χ3v) is 1.91. The minimum absolute atomic E-state index is 0. The van der Waals surface area contributed by atoms with Gasteiger partial charge in [-0.3, -0.25) is 9.89 Å². The second-order valence-corrected chi connectivity index (χ2v) is 2.92. The SMILES string of the molecule is Cl.Cl.NCC(=O)Nc1ccc2cn[nH]c2c1. The summed E-state index contributed by atoms with van der Waals surface area (Å²) in [7, 11) is 0. The standard InChI is InChI=1S/C9H10N4O.2ClH/c10-4-9(14)12-7-2-1-6-5-11-13-8(6)3-7;;/h1-3,5H,4,10H2,(H,11,13)(H,12,14);2*1H. The lowest BCUT2D eigenvalue weighted by atomic mass is 10.2. The molecule has 0 aliphatic heterocycles. The van der Waals surface area contributed by atoms with Crippen LogP contribution < -0.4 is 11.1 Å². The fourth-order valence-electron chi connectivity index (χ4n) is 1.23. The predicted molar refractivity (Wildman–Crippen MR) is 68.3 cm³/mol. The predicted octanol–water partition coefficient (Wildman–Crippen LogP) is 1.30. The Balaban J connectivity index is 0.00000112. The van der Waals surface area contributed by atoms with E-state index in [-0.39, 0.29) is 37.3 Å². The van der Waals surface area contributed by atoms with E-state index in [0.717, 1.165) is 16.6 Å². The second kappa shape index (κ2) is 6.32. The highest BCUT2D eigenvalue weighted by molar-refractivity contribution is 5.94. The summed E-state index contributed by atoms with van der Waals surface area (Å²) in [5, 5.41) is 10.4. The maximum atomic E-state index is 11.0. The van der Waals surface area contributed by atoms with Gasteiger partial charge in [0.1, 0.15) is 0 Å². The highest BCUT2D eigenvalue weighted by Gasteiger charge is 2.00. The quantitative estimate of drug-likeness (QED) is 0.763. The van der Waals surface area contributed by atoms with Gasteiger partial charge in [0.05, 0.1) is 18.3 Å². The van der Waals surface area contributed by atoms with Crippen molar-refractivity contribution >= 4 is 47.3 Å². The van der Waals surface area contributed by atoms with Crippen molar-refractivity contribution in [2.75, 3.05) is 11.9 Å². The van der Waals surface area contributed by atoms with E-state index in [1.165, 1.54) is 0 Å². The molecule has 16 heavy (non-hydrogen) atoms. The molecule has 2 rings (SSSR count). The fraction of sp³-hybridized carbons (Fsp3) is 0.111. The molecule has 1 heterocycles. The Morgan fingerprint density at radius 1 is 1.44 bits per heavy atom. The van der Waals surface area contributed by atoms with Crippen LogP contribution in [-0.2, 0) is 4.79 Å². The number of carbonyl (C=O) groups excluding carboxylic acids is 1. The number of fused-ring (bicyclic) bond motifs is 1. The van der Waals surface area contributed by atoms with E-state index in [4.69, 9.17) is 5.73 Å². The highest BCUT2D eigenvalue weighted by Crippen LogP contribution is 2.16. The molecule has 0 saturated carbocycles. The molecule has 0 aliphatic carbocycles. The molecule has 88 valence electrons. The van der Waals surface area contributed by atoms with Gasteiger partial charge in [-0.25, -0.2) is 0 Å². The number of anilines is 1. The third-order valence-electron chi connectivity index (χ3n) is 1.91. The number of halogens is 2. The number of nitrogens with zero attached hydrogens (tertiary/aromatic N) is 1. The molecule has 2 aromatic rings. The number of rotatable bonds is 2. The molecule has 0 fully saturated rings. The van der Waals surface area contributed by atoms with Crippen LogP contribution in [0.25, 0.3) is 10.9 Å². The van der Waals surface area contributed by atoms with Crippen LogP contribution in [0.3, 0.4) is 0 Å². The van der Waals surface area contributed by atoms with Crippen molar-refractivity contribution in [1.29, 1.82) is 0 Å². The lowest BCUT2D eigenvalue weighted by molar-refractivity contribution is -0.114. The van der Waals surface area contributed by atoms with E-state index in [0.29, 0.717) is 0 Å². The number of benzene rings is 1. The Morgan fingerprint density at radius 2 is 2.19 bits per heavy atom. The number of hydrogen-bond donors (Lipinski definition) is 3. The molecule has 4 N–H and O–H groups in total. The summed E-state index contributed by atoms with van der Waals surface area (Å²) in [6.07, 6.45) is 1.73. The third kappa shape index (κ3) is 3.10. The average molecular weight is 263 g/mol. The first-order valence-corrected chi connectivity index (χ1v) is 4.22. The Hall–Kier alpha value is -1.30. The second-order valence-electron chi connectivity index (χ2n) is 2.92. The maximum absolute atomic E-state index is 11.0. The molecule has 0 aliphatic rings. The maximum Gasteiger partial charge on any atom is 0.238 e. The first kappa shape index (κ1) is 14.7. The van der Waals surface area contributed by atoms with Gasteiger partial charge in [0.2, 0.25) is 5.91 Å². The van der Waals surface area contributed by atoms with E-state index < -0.39 is 0 Å². The average Bonchev–Trinajstić information content (AvgIpc) is 2.64. The monoisotopic (exact) mass is 262 g/mol. The number of hydrogen-bond acceptors (Lipinski definition) is 3. The van der Waals surface area contributed by atoms with Crippen LogP contribution >= 0.6 is 24.8 Å². The number of aromatic nitrogens is 2. The first-order valence-electron chi connectivity index (χ1n) is 4.22. The Bertz CT molecular complexity index is 471. The molecule has 0 saturated heterocycles. The van der Waals surface area contributed by atoms with Gasteiger partial charge in [-0.15, -0.1) is 24.8 Å². The summed E-state index contributed by atoms with van der Waals surface area (Å²) < 4.78 is 0. The summed E-state index contributed by atoms with van der Waals surface area (Å²) in [5.74, 6) is -0.205. The molecule has 0 spiro atoms. The summed E-state index contributed by atoms with van der Waals surface area (Å²) in [4.78, 5) is 11.0. The Morgan fingerprint density at radius 3 is 2.88 bits per heavy atom. The zero-order valence-corrected chi connectivity index (χ0v) is 9.90. The molecular weight excluding hydrogens is 251 g/mol. The van der Waals surface area contributed by atoms with Gasteiger partial charge in [0, 0.05) is 11.1 Å². The van der Waals surface area contributed by atoms with Crippen LogP contribution in [0.4, 0.5) is 5.69 Å². The molecule has 0 unspecified atom stereocenters. The van der Waals surface area contributed by atoms with Crippen LogP contribution in [0, 0.1) is 0 Å². The number of carbonyl (C=O) groups is 1. The highest BCUT2D eigenvalue weighted by atomic mass is 35.5. The number of aromatic amines is 1. The van der Waals surface area contributed by atoms with Crippen LogP contribution in [0.1, 0.15) is 0 Å². The lowest BCUT2D eigenvalue weighted by Gasteiger charge is -2.02. The smallest absolute Gasteiger partial charge is 0.238 e. The topological polar surface area (TPSA) is 83.8 Å². The van der Waals surface area contributed by atoms with Gasteiger partial charge in [0.15, 0.2) is 0 Å². The summed E-state index contributed by atoms with van der Waals surface area (Å²) in [5.41, 5.74) is 6.79. The Kier molecular flexibility index (Phi) is 5.81. The van der Waals surface area contributed by atoms with Gasteiger partial charge in [-0.1, -0.05) is 0 Å². The Labute approximate surface area is 105 Å². The number of nitrogens with two attached hydrogens (primary N) is 1. The van der Waals surface area contributed by atoms with Crippen LogP contribution in [0.2, 0.25) is 0 Å². The number of nitrogens with one attached hydrogen (secondary N) is 2. The van der Waals surface area contributed by atoms with Crippen molar-refractivity contribution < 1.29 is 4.79 Å².